The largest absolute Gasteiger partial charge is 0.396 e. The number of rotatable bonds is 5. The summed E-state index contributed by atoms with van der Waals surface area (Å²) in [4.78, 5) is 13.1. The van der Waals surface area contributed by atoms with Gasteiger partial charge < -0.3 is 15.7 Å². The highest BCUT2D eigenvalue weighted by Gasteiger charge is 2.20. The van der Waals surface area contributed by atoms with Crippen molar-refractivity contribution in [2.24, 2.45) is 11.7 Å². The molecule has 1 saturated heterocycles. The summed E-state index contributed by atoms with van der Waals surface area (Å²) in [6, 6.07) is 0. The molecular formula is C10H20N2O2. The predicted molar refractivity (Wildman–Crippen MR) is 54.7 cm³/mol. The van der Waals surface area contributed by atoms with E-state index in [2.05, 4.69) is 4.90 Å². The molecule has 0 spiro atoms. The molecule has 0 saturated carbocycles. The van der Waals surface area contributed by atoms with Crippen LogP contribution in [0.2, 0.25) is 0 Å². The molecule has 1 aliphatic rings. The summed E-state index contributed by atoms with van der Waals surface area (Å²) in [6.07, 6.45) is 3.58. The number of hydrogen-bond donors (Lipinski definition) is 2. The summed E-state index contributed by atoms with van der Waals surface area (Å²) in [5.74, 6) is 0.235. The number of aliphatic hydroxyl groups excluding tert-OH is 1. The fourth-order valence-corrected chi connectivity index (χ4v) is 2.10. The Balaban J connectivity index is 2.24. The van der Waals surface area contributed by atoms with Gasteiger partial charge in [-0.1, -0.05) is 0 Å². The molecule has 0 aromatic heterocycles. The van der Waals surface area contributed by atoms with E-state index in [1.165, 1.54) is 0 Å². The van der Waals surface area contributed by atoms with Crippen LogP contribution in [0.4, 0.5) is 0 Å². The zero-order valence-electron chi connectivity index (χ0n) is 8.61. The van der Waals surface area contributed by atoms with E-state index in [0.717, 1.165) is 38.9 Å². The lowest BCUT2D eigenvalue weighted by Crippen LogP contribution is -2.37. The van der Waals surface area contributed by atoms with Gasteiger partial charge in [0.2, 0.25) is 5.91 Å². The first-order chi connectivity index (χ1) is 6.72. The minimum atomic E-state index is -0.195. The molecule has 0 aliphatic carbocycles. The molecule has 1 unspecified atom stereocenters. The Hall–Kier alpha value is -0.610. The third-order valence-corrected chi connectivity index (χ3v) is 2.73. The number of carbonyl (C=O) groups is 1. The Morgan fingerprint density at radius 3 is 3.00 bits per heavy atom. The van der Waals surface area contributed by atoms with Crippen molar-refractivity contribution in [2.75, 3.05) is 26.2 Å². The fraction of sp³-hybridized carbons (Fsp3) is 0.900. The molecule has 1 rings (SSSR count). The van der Waals surface area contributed by atoms with Crippen molar-refractivity contribution in [2.45, 2.75) is 25.7 Å². The number of piperidine rings is 1. The maximum atomic E-state index is 10.8. The highest BCUT2D eigenvalue weighted by atomic mass is 16.3. The number of aliphatic hydroxyl groups is 1. The molecule has 0 bridgehead atoms. The van der Waals surface area contributed by atoms with Crippen molar-refractivity contribution in [3.8, 4) is 0 Å². The van der Waals surface area contributed by atoms with Crippen molar-refractivity contribution in [1.29, 1.82) is 0 Å². The normalized spacial score (nSPS) is 23.6. The second kappa shape index (κ2) is 5.98. The standard InChI is InChI=1S/C10H20N2O2/c11-10(14)7-9-3-1-4-12(8-9)5-2-6-13/h9,13H,1-8H2,(H2,11,14). The molecule has 4 heteroatoms. The Labute approximate surface area is 85.1 Å². The summed E-state index contributed by atoms with van der Waals surface area (Å²) in [7, 11) is 0. The number of hydrogen-bond acceptors (Lipinski definition) is 3. The van der Waals surface area contributed by atoms with E-state index in [4.69, 9.17) is 10.8 Å². The highest BCUT2D eigenvalue weighted by Crippen LogP contribution is 2.19. The van der Waals surface area contributed by atoms with Gasteiger partial charge in [0.25, 0.3) is 0 Å². The third kappa shape index (κ3) is 4.07. The number of likely N-dealkylation sites (tertiary alicyclic amines) is 1. The predicted octanol–water partition coefficient (Wildman–Crippen LogP) is -0.0438. The first-order valence-electron chi connectivity index (χ1n) is 5.34. The van der Waals surface area contributed by atoms with Crippen LogP contribution in [0.25, 0.3) is 0 Å². The van der Waals surface area contributed by atoms with E-state index in [1.807, 2.05) is 0 Å². The molecule has 0 radical (unpaired) electrons. The zero-order chi connectivity index (χ0) is 10.4. The summed E-state index contributed by atoms with van der Waals surface area (Å²) >= 11 is 0. The van der Waals surface area contributed by atoms with Crippen LogP contribution in [-0.2, 0) is 4.79 Å². The van der Waals surface area contributed by atoms with Gasteiger partial charge in [0.1, 0.15) is 0 Å². The van der Waals surface area contributed by atoms with Gasteiger partial charge in [-0.2, -0.15) is 0 Å². The molecule has 1 atom stereocenters. The molecule has 1 heterocycles. The van der Waals surface area contributed by atoms with Crippen molar-refractivity contribution in [1.82, 2.24) is 4.90 Å². The van der Waals surface area contributed by atoms with Gasteiger partial charge in [-0.05, 0) is 31.7 Å². The number of primary amides is 1. The minimum absolute atomic E-state index is 0.195. The van der Waals surface area contributed by atoms with Crippen molar-refractivity contribution in [3.05, 3.63) is 0 Å². The lowest BCUT2D eigenvalue weighted by atomic mass is 9.94. The van der Waals surface area contributed by atoms with Crippen LogP contribution < -0.4 is 5.73 Å². The smallest absolute Gasteiger partial charge is 0.217 e. The highest BCUT2D eigenvalue weighted by molar-refractivity contribution is 5.74. The molecule has 1 amide bonds. The topological polar surface area (TPSA) is 66.6 Å². The zero-order valence-corrected chi connectivity index (χ0v) is 8.61. The monoisotopic (exact) mass is 200 g/mol. The maximum absolute atomic E-state index is 10.8. The van der Waals surface area contributed by atoms with Crippen molar-refractivity contribution in [3.63, 3.8) is 0 Å². The van der Waals surface area contributed by atoms with Crippen LogP contribution in [0.3, 0.4) is 0 Å². The molecule has 0 aromatic rings. The van der Waals surface area contributed by atoms with E-state index in [1.54, 1.807) is 0 Å². The fourth-order valence-electron chi connectivity index (χ4n) is 2.10. The molecule has 1 aliphatic heterocycles. The van der Waals surface area contributed by atoms with E-state index < -0.39 is 0 Å². The van der Waals surface area contributed by atoms with Gasteiger partial charge in [-0.25, -0.2) is 0 Å². The second-order valence-electron chi connectivity index (χ2n) is 4.06. The van der Waals surface area contributed by atoms with E-state index >= 15 is 0 Å². The molecule has 4 nitrogen and oxygen atoms in total. The Bertz CT molecular complexity index is 185. The second-order valence-corrected chi connectivity index (χ2v) is 4.06. The van der Waals surface area contributed by atoms with Crippen LogP contribution in [0.15, 0.2) is 0 Å². The maximum Gasteiger partial charge on any atom is 0.217 e. The van der Waals surface area contributed by atoms with Crippen LogP contribution >= 0.6 is 0 Å². The van der Waals surface area contributed by atoms with Crippen LogP contribution in [0.5, 0.6) is 0 Å². The van der Waals surface area contributed by atoms with Gasteiger partial charge >= 0.3 is 0 Å². The molecule has 1 fully saturated rings. The summed E-state index contributed by atoms with van der Waals surface area (Å²) < 4.78 is 0. The van der Waals surface area contributed by atoms with Crippen molar-refractivity contribution < 1.29 is 9.90 Å². The average molecular weight is 200 g/mol. The molecule has 0 aromatic carbocycles. The first kappa shape index (κ1) is 11.5. The molecular weight excluding hydrogens is 180 g/mol. The van der Waals surface area contributed by atoms with E-state index in [0.29, 0.717) is 12.3 Å². The van der Waals surface area contributed by atoms with Gasteiger partial charge in [0.15, 0.2) is 0 Å². The molecule has 82 valence electrons. The number of nitrogens with zero attached hydrogens (tertiary/aromatic N) is 1. The number of amides is 1. The lowest BCUT2D eigenvalue weighted by Gasteiger charge is -2.31. The van der Waals surface area contributed by atoms with E-state index in [-0.39, 0.29) is 12.5 Å². The minimum Gasteiger partial charge on any atom is -0.396 e. The van der Waals surface area contributed by atoms with Crippen molar-refractivity contribution >= 4 is 5.91 Å². The number of nitrogens with two attached hydrogens (primary N) is 1. The van der Waals surface area contributed by atoms with Gasteiger partial charge in [0, 0.05) is 26.1 Å². The lowest BCUT2D eigenvalue weighted by molar-refractivity contribution is -0.119. The Morgan fingerprint density at radius 2 is 2.36 bits per heavy atom. The van der Waals surface area contributed by atoms with Gasteiger partial charge in [0.05, 0.1) is 0 Å². The van der Waals surface area contributed by atoms with Gasteiger partial charge in [-0.15, -0.1) is 0 Å². The van der Waals surface area contributed by atoms with Gasteiger partial charge in [-0.3, -0.25) is 4.79 Å². The summed E-state index contributed by atoms with van der Waals surface area (Å²) in [5.41, 5.74) is 5.17. The third-order valence-electron chi connectivity index (χ3n) is 2.73. The van der Waals surface area contributed by atoms with Crippen LogP contribution in [0, 0.1) is 5.92 Å². The number of carbonyl (C=O) groups excluding carboxylic acids is 1. The quantitative estimate of drug-likeness (QED) is 0.654. The van der Waals surface area contributed by atoms with Crippen LogP contribution in [-0.4, -0.2) is 42.2 Å². The summed E-state index contributed by atoms with van der Waals surface area (Å²) in [6.45, 7) is 3.24. The van der Waals surface area contributed by atoms with E-state index in [9.17, 15) is 4.79 Å². The average Bonchev–Trinajstić information content (AvgIpc) is 2.14. The Kier molecular flexibility index (Phi) is 4.90. The Morgan fingerprint density at radius 1 is 1.57 bits per heavy atom. The molecule has 14 heavy (non-hydrogen) atoms. The SMILES string of the molecule is NC(=O)CC1CCCN(CCCO)C1. The molecule has 3 N–H and O–H groups in total. The summed E-state index contributed by atoms with van der Waals surface area (Å²) in [5, 5.41) is 8.71. The first-order valence-corrected chi connectivity index (χ1v) is 5.34. The van der Waals surface area contributed by atoms with Crippen LogP contribution in [0.1, 0.15) is 25.7 Å².